The van der Waals surface area contributed by atoms with Crippen LogP contribution < -0.4 is 0 Å². The number of aliphatic hydroxyl groups is 2. The molecule has 0 heterocycles. The van der Waals surface area contributed by atoms with Crippen molar-refractivity contribution in [1.29, 1.82) is 0 Å². The van der Waals surface area contributed by atoms with Gasteiger partial charge in [-0.3, -0.25) is 0 Å². The first-order valence-electron chi connectivity index (χ1n) is 1.70. The van der Waals surface area contributed by atoms with Crippen molar-refractivity contribution in [2.24, 2.45) is 0 Å². The first-order chi connectivity index (χ1) is 3.65. The normalized spacial score (nSPS) is 8.00. The first-order valence-corrected chi connectivity index (χ1v) is 4.03. The van der Waals surface area contributed by atoms with E-state index in [2.05, 4.69) is 11.7 Å². The van der Waals surface area contributed by atoms with Crippen LogP contribution in [-0.2, 0) is 9.74 Å². The molecular weight excluding hydrogens is 152 g/mol. The van der Waals surface area contributed by atoms with Gasteiger partial charge in [-0.25, -0.2) is 8.42 Å². The van der Waals surface area contributed by atoms with Gasteiger partial charge in [0, 0.05) is 0 Å². The molecule has 4 nitrogen and oxygen atoms in total. The van der Waals surface area contributed by atoms with Crippen molar-refractivity contribution in [2.45, 2.75) is 0 Å². The van der Waals surface area contributed by atoms with Crippen LogP contribution in [0.4, 0.5) is 0 Å². The van der Waals surface area contributed by atoms with Crippen LogP contribution >= 0.6 is 11.7 Å². The summed E-state index contributed by atoms with van der Waals surface area (Å²) in [5.41, 5.74) is 0. The van der Waals surface area contributed by atoms with Gasteiger partial charge in [0.05, 0.1) is 13.2 Å². The Morgan fingerprint density at radius 1 is 1.25 bits per heavy atom. The minimum atomic E-state index is -2.43. The van der Waals surface area contributed by atoms with Gasteiger partial charge in [0.1, 0.15) is 0 Å². The van der Waals surface area contributed by atoms with Crippen molar-refractivity contribution in [3.05, 3.63) is 0 Å². The van der Waals surface area contributed by atoms with Crippen molar-refractivity contribution in [2.75, 3.05) is 13.2 Å². The number of thiol groups is 2. The molecule has 0 aromatic rings. The predicted octanol–water partition coefficient (Wildman–Crippen LogP) is -1.59. The van der Waals surface area contributed by atoms with E-state index in [1.807, 2.05) is 0 Å². The lowest BCUT2D eigenvalue weighted by atomic mass is 10.8. The Hall–Kier alpha value is 0.220. The van der Waals surface area contributed by atoms with E-state index in [9.17, 15) is 0 Å². The molecule has 0 bridgehead atoms. The van der Waals surface area contributed by atoms with E-state index in [4.69, 9.17) is 18.6 Å². The molecule has 0 unspecified atom stereocenters. The minimum Gasteiger partial charge on any atom is -0.394 e. The van der Waals surface area contributed by atoms with E-state index in [0.29, 0.717) is 0 Å². The Morgan fingerprint density at radius 3 is 1.38 bits per heavy atom. The summed E-state index contributed by atoms with van der Waals surface area (Å²) in [6.45, 7) is -0.250. The maximum atomic E-state index is 8.90. The zero-order valence-electron chi connectivity index (χ0n) is 4.02. The number of aliphatic hydroxyl groups excluding tert-OH is 2. The molecule has 0 radical (unpaired) electrons. The molecule has 0 aromatic carbocycles. The third-order valence-corrected chi connectivity index (χ3v) is 0.1000. The van der Waals surface area contributed by atoms with Gasteiger partial charge in [-0.15, -0.1) is 0 Å². The molecule has 0 aliphatic carbocycles. The van der Waals surface area contributed by atoms with E-state index >= 15 is 0 Å². The number of rotatable bonds is 1. The van der Waals surface area contributed by atoms with Crippen molar-refractivity contribution in [3.63, 3.8) is 0 Å². The molecule has 6 heteroatoms. The summed E-state index contributed by atoms with van der Waals surface area (Å²) in [6, 6.07) is 0. The van der Waals surface area contributed by atoms with Crippen LogP contribution in [0.15, 0.2) is 0 Å². The molecule has 0 atom stereocenters. The maximum absolute atomic E-state index is 8.90. The van der Waals surface area contributed by atoms with E-state index < -0.39 is 9.74 Å². The topological polar surface area (TPSA) is 74.6 Å². The first kappa shape index (κ1) is 11.1. The van der Waals surface area contributed by atoms with Gasteiger partial charge in [0.25, 0.3) is 0 Å². The standard InChI is InChI=1S/C2H6O2.H2O2S2/c3-1-2-4;1-4(2)3/h3-4H,1-2H2;4H,(H,1,2,3). The summed E-state index contributed by atoms with van der Waals surface area (Å²) in [6.07, 6.45) is 0. The molecule has 0 fully saturated rings. The summed E-state index contributed by atoms with van der Waals surface area (Å²) in [5, 5.41) is 15.2. The van der Waals surface area contributed by atoms with Gasteiger partial charge in [0.2, 0.25) is 0 Å². The van der Waals surface area contributed by atoms with Gasteiger partial charge in [-0.1, -0.05) is 11.7 Å². The third-order valence-electron chi connectivity index (χ3n) is 0.1000. The Bertz CT molecular complexity index is 78.0. The predicted molar refractivity (Wildman–Crippen MR) is 33.5 cm³/mol. The molecule has 0 amide bonds. The average molecular weight is 160 g/mol. The maximum Gasteiger partial charge on any atom is 0.188 e. The van der Waals surface area contributed by atoms with Gasteiger partial charge in [0.15, 0.2) is 9.74 Å². The molecule has 8 heavy (non-hydrogen) atoms. The highest BCUT2D eigenvalue weighted by Crippen LogP contribution is 1.59. The van der Waals surface area contributed by atoms with Crippen molar-refractivity contribution in [3.8, 4) is 0 Å². The van der Waals surface area contributed by atoms with Crippen molar-refractivity contribution < 1.29 is 18.6 Å². The zero-order valence-corrected chi connectivity index (χ0v) is 5.81. The van der Waals surface area contributed by atoms with Gasteiger partial charge in [-0.2, -0.15) is 0 Å². The molecule has 0 aliphatic heterocycles. The highest BCUT2D eigenvalue weighted by molar-refractivity contribution is 8.54. The van der Waals surface area contributed by atoms with Crippen LogP contribution in [0.5, 0.6) is 0 Å². The van der Waals surface area contributed by atoms with Crippen LogP contribution in [0.3, 0.4) is 0 Å². The summed E-state index contributed by atoms with van der Waals surface area (Å²) in [7, 11) is -2.43. The SMILES string of the molecule is O=[SH](=O)S.OCCO. The highest BCUT2D eigenvalue weighted by atomic mass is 33.1. The molecule has 52 valence electrons. The highest BCUT2D eigenvalue weighted by Gasteiger charge is 1.58. The molecule has 2 N–H and O–H groups in total. The van der Waals surface area contributed by atoms with Crippen LogP contribution in [0.2, 0.25) is 0 Å². The Kier molecular flexibility index (Phi) is 14.2. The van der Waals surface area contributed by atoms with Crippen LogP contribution in [0, 0.1) is 0 Å². The summed E-state index contributed by atoms with van der Waals surface area (Å²) >= 11 is 2.92. The van der Waals surface area contributed by atoms with E-state index in [0.717, 1.165) is 0 Å². The Morgan fingerprint density at radius 2 is 1.38 bits per heavy atom. The number of hydrogen-bond acceptors (Lipinski definition) is 4. The monoisotopic (exact) mass is 160 g/mol. The molecule has 0 saturated carbocycles. The van der Waals surface area contributed by atoms with E-state index in [1.165, 1.54) is 0 Å². The van der Waals surface area contributed by atoms with Gasteiger partial charge < -0.3 is 10.2 Å². The van der Waals surface area contributed by atoms with Crippen LogP contribution in [-0.4, -0.2) is 31.8 Å². The third kappa shape index (κ3) is 114. The summed E-state index contributed by atoms with van der Waals surface area (Å²) < 4.78 is 17.8. The molecule has 0 aromatic heterocycles. The van der Waals surface area contributed by atoms with Crippen molar-refractivity contribution in [1.82, 2.24) is 0 Å². The summed E-state index contributed by atoms with van der Waals surface area (Å²) in [4.78, 5) is 0. The fourth-order valence-corrected chi connectivity index (χ4v) is 0. The molecule has 0 aliphatic rings. The smallest absolute Gasteiger partial charge is 0.188 e. The van der Waals surface area contributed by atoms with E-state index in [1.54, 1.807) is 0 Å². The quantitative estimate of drug-likeness (QED) is 0.276. The molecular formula is C2H8O4S2. The van der Waals surface area contributed by atoms with Crippen LogP contribution in [0.25, 0.3) is 0 Å². The lowest BCUT2D eigenvalue weighted by molar-refractivity contribution is 0.186. The fourth-order valence-electron chi connectivity index (χ4n) is 0. The Labute approximate surface area is 53.9 Å². The minimum absolute atomic E-state index is 0.125. The second kappa shape index (κ2) is 10.3. The van der Waals surface area contributed by atoms with Crippen molar-refractivity contribution >= 4 is 21.4 Å². The lowest BCUT2D eigenvalue weighted by Crippen LogP contribution is -1.85. The molecule has 0 rings (SSSR count). The zero-order chi connectivity index (χ0) is 6.99. The second-order valence-electron chi connectivity index (χ2n) is 0.685. The van der Waals surface area contributed by atoms with Crippen LogP contribution in [0.1, 0.15) is 0 Å². The van der Waals surface area contributed by atoms with Gasteiger partial charge >= 0.3 is 0 Å². The molecule has 0 spiro atoms. The summed E-state index contributed by atoms with van der Waals surface area (Å²) in [5.74, 6) is 0. The lowest BCUT2D eigenvalue weighted by Gasteiger charge is -1.70. The number of hydrogen-bond donors (Lipinski definition) is 4. The Balaban J connectivity index is 0. The fraction of sp³-hybridized carbons (Fsp3) is 1.00. The molecule has 0 saturated heterocycles. The van der Waals surface area contributed by atoms with E-state index in [-0.39, 0.29) is 13.2 Å². The van der Waals surface area contributed by atoms with Gasteiger partial charge in [-0.05, 0) is 0 Å². The largest absolute Gasteiger partial charge is 0.394 e. The average Bonchev–Trinajstić information content (AvgIpc) is 1.65. The second-order valence-corrected chi connectivity index (χ2v) is 2.14.